The van der Waals surface area contributed by atoms with Crippen LogP contribution in [-0.2, 0) is 31.6 Å². The average molecular weight is 655 g/mol. The Morgan fingerprint density at radius 2 is 1.92 bits per heavy atom. The summed E-state index contributed by atoms with van der Waals surface area (Å²) >= 11 is 0. The molecule has 2 aromatic rings. The lowest BCUT2D eigenvalue weighted by molar-refractivity contribution is -0.0423. The summed E-state index contributed by atoms with van der Waals surface area (Å²) in [4.78, 5) is 69.4. The van der Waals surface area contributed by atoms with E-state index in [2.05, 4.69) is 23.1 Å². The number of fused-ring (bicyclic) bond motifs is 1. The fraction of sp³-hybridized carbons (Fsp3) is 0.600. The van der Waals surface area contributed by atoms with Gasteiger partial charge in [-0.25, -0.2) is 23.2 Å². The van der Waals surface area contributed by atoms with Gasteiger partial charge in [0.15, 0.2) is 11.2 Å². The molecule has 220 valence electrons. The Morgan fingerprint density at radius 1 is 1.23 bits per heavy atom. The molecule has 24 heteroatoms. The number of ether oxygens (including phenoxy) is 1. The zero-order chi connectivity index (χ0) is 29.2. The second-order valence-corrected chi connectivity index (χ2v) is 14.8. The lowest BCUT2D eigenvalue weighted by atomic mass is 10.2. The van der Waals surface area contributed by atoms with E-state index in [1.165, 1.54) is 4.57 Å². The molecular weight excluding hydrogens is 631 g/mol. The number of carbonyl (C=O) groups is 1. The highest BCUT2D eigenvalue weighted by molar-refractivity contribution is 8.76. The van der Waals surface area contributed by atoms with Crippen LogP contribution < -0.4 is 11.3 Å². The third-order valence-electron chi connectivity index (χ3n) is 4.94. The molecule has 1 aliphatic heterocycles. The lowest BCUT2D eigenvalue weighted by Gasteiger charge is -2.19. The van der Waals surface area contributed by atoms with E-state index in [1.807, 2.05) is 6.26 Å². The SMILES string of the molecule is CSSCCCC(=O)n1c(N)nc2c(ncn2[C@H]2CC(O)[C@@H](COP(=O)(O)OP(=O)(O)OP(=O)(O)O)O2)c1=O. The van der Waals surface area contributed by atoms with Crippen molar-refractivity contribution in [3.8, 4) is 0 Å². The van der Waals surface area contributed by atoms with Crippen molar-refractivity contribution < 1.29 is 61.1 Å². The highest BCUT2D eigenvalue weighted by Crippen LogP contribution is 2.66. The van der Waals surface area contributed by atoms with Gasteiger partial charge in [0, 0.05) is 18.6 Å². The van der Waals surface area contributed by atoms with Crippen LogP contribution in [0.5, 0.6) is 0 Å². The lowest BCUT2D eigenvalue weighted by Crippen LogP contribution is -2.30. The number of nitrogens with two attached hydrogens (primary N) is 1. The van der Waals surface area contributed by atoms with Gasteiger partial charge in [0.25, 0.3) is 5.56 Å². The van der Waals surface area contributed by atoms with Gasteiger partial charge in [0.05, 0.1) is 19.0 Å². The Labute approximate surface area is 226 Å². The number of phosphoric acid groups is 3. The molecular formula is C15H24N5O14P3S2. The number of aliphatic hydroxyl groups is 1. The zero-order valence-electron chi connectivity index (χ0n) is 19.8. The van der Waals surface area contributed by atoms with E-state index in [0.717, 1.165) is 10.9 Å². The van der Waals surface area contributed by atoms with Crippen LogP contribution in [-0.4, -0.2) is 80.5 Å². The van der Waals surface area contributed by atoms with E-state index in [-0.39, 0.29) is 30.0 Å². The standard InChI is InChI=1S/C15H24N5O14P3S2/c1-38-39-4-2-3-10(22)20-14(23)12-13(18-15(20)16)19(7-17-12)11-5-8(21)9(32-11)6-31-36(27,28)34-37(29,30)33-35(24,25)26/h7-9,11,21H,2-6H2,1H3,(H2,16,18)(H,27,28)(H,29,30)(H2,24,25,26)/t8?,9-,11-/m1/s1. The number of hydrogen-bond donors (Lipinski definition) is 6. The first-order valence-electron chi connectivity index (χ1n) is 10.6. The van der Waals surface area contributed by atoms with Crippen molar-refractivity contribution in [2.24, 2.45) is 0 Å². The van der Waals surface area contributed by atoms with Gasteiger partial charge in [0.2, 0.25) is 11.9 Å². The van der Waals surface area contributed by atoms with Gasteiger partial charge in [-0.15, -0.1) is 0 Å². The van der Waals surface area contributed by atoms with Crippen molar-refractivity contribution in [3.63, 3.8) is 0 Å². The molecule has 39 heavy (non-hydrogen) atoms. The maximum absolute atomic E-state index is 12.9. The van der Waals surface area contributed by atoms with E-state index in [0.29, 0.717) is 12.2 Å². The molecule has 5 atom stereocenters. The number of carbonyl (C=O) groups excluding carboxylic acids is 1. The maximum Gasteiger partial charge on any atom is 0.490 e. The number of aromatic nitrogens is 4. The minimum atomic E-state index is -5.72. The van der Waals surface area contributed by atoms with Crippen LogP contribution in [0.1, 0.15) is 30.3 Å². The molecule has 0 aromatic carbocycles. The summed E-state index contributed by atoms with van der Waals surface area (Å²) < 4.78 is 53.3. The zero-order valence-corrected chi connectivity index (χ0v) is 24.1. The summed E-state index contributed by atoms with van der Waals surface area (Å²) in [7, 11) is -13.6. The monoisotopic (exact) mass is 655 g/mol. The van der Waals surface area contributed by atoms with Gasteiger partial charge >= 0.3 is 23.5 Å². The molecule has 0 bridgehead atoms. The summed E-state index contributed by atoms with van der Waals surface area (Å²) in [5.41, 5.74) is 4.81. The molecule has 2 aromatic heterocycles. The number of nitrogens with zero attached hydrogens (tertiary/aromatic N) is 4. The number of aliphatic hydroxyl groups excluding tert-OH is 1. The van der Waals surface area contributed by atoms with Crippen molar-refractivity contribution >= 4 is 68.1 Å². The Hall–Kier alpha value is -1.15. The van der Waals surface area contributed by atoms with Gasteiger partial charge in [-0.3, -0.25) is 18.7 Å². The van der Waals surface area contributed by atoms with Crippen molar-refractivity contribution in [1.29, 1.82) is 0 Å². The second kappa shape index (κ2) is 12.8. The Morgan fingerprint density at radius 3 is 2.56 bits per heavy atom. The van der Waals surface area contributed by atoms with Gasteiger partial charge in [-0.1, -0.05) is 21.6 Å². The Balaban J connectivity index is 1.71. The highest BCUT2D eigenvalue weighted by Gasteiger charge is 2.43. The van der Waals surface area contributed by atoms with E-state index in [4.69, 9.17) is 20.3 Å². The minimum absolute atomic E-state index is 0.0563. The molecule has 0 saturated carbocycles. The minimum Gasteiger partial charge on any atom is -0.390 e. The van der Waals surface area contributed by atoms with Crippen LogP contribution in [0.4, 0.5) is 5.95 Å². The summed E-state index contributed by atoms with van der Waals surface area (Å²) in [6, 6.07) is 0. The predicted octanol–water partition coefficient (Wildman–Crippen LogP) is 0.598. The Kier molecular flexibility index (Phi) is 10.6. The number of imidazole rings is 1. The fourth-order valence-electron chi connectivity index (χ4n) is 3.42. The number of anilines is 1. The largest absolute Gasteiger partial charge is 0.490 e. The van der Waals surface area contributed by atoms with Crippen LogP contribution in [0.15, 0.2) is 11.1 Å². The normalized spacial score (nSPS) is 23.1. The molecule has 1 aliphatic rings. The van der Waals surface area contributed by atoms with Crippen molar-refractivity contribution in [2.45, 2.75) is 37.7 Å². The summed E-state index contributed by atoms with van der Waals surface area (Å²) in [5.74, 6) is -0.252. The van der Waals surface area contributed by atoms with E-state index in [1.54, 1.807) is 21.6 Å². The fourth-order valence-corrected chi connectivity index (χ4v) is 7.73. The average Bonchev–Trinajstić information content (AvgIpc) is 3.36. The topological polar surface area (TPSA) is 285 Å². The highest BCUT2D eigenvalue weighted by atomic mass is 33.1. The number of phosphoric ester groups is 1. The van der Waals surface area contributed by atoms with Crippen molar-refractivity contribution in [1.82, 2.24) is 19.1 Å². The summed E-state index contributed by atoms with van der Waals surface area (Å²) in [6.07, 6.45) is -0.236. The Bertz CT molecular complexity index is 1410. The van der Waals surface area contributed by atoms with Crippen LogP contribution in [0.25, 0.3) is 11.2 Å². The molecule has 0 aliphatic carbocycles. The first kappa shape index (κ1) is 32.4. The first-order chi connectivity index (χ1) is 18.0. The molecule has 19 nitrogen and oxygen atoms in total. The smallest absolute Gasteiger partial charge is 0.390 e. The molecule has 1 fully saturated rings. The number of hydrogen-bond acceptors (Lipinski definition) is 15. The second-order valence-electron chi connectivity index (χ2n) is 7.74. The van der Waals surface area contributed by atoms with Crippen molar-refractivity contribution in [3.05, 3.63) is 16.7 Å². The van der Waals surface area contributed by atoms with Crippen molar-refractivity contribution in [2.75, 3.05) is 24.3 Å². The molecule has 1 saturated heterocycles. The third-order valence-corrected chi connectivity index (χ3v) is 10.6. The van der Waals surface area contributed by atoms with E-state index >= 15 is 0 Å². The quantitative estimate of drug-likeness (QED) is 0.0978. The van der Waals surface area contributed by atoms with Gasteiger partial charge in [-0.05, 0) is 12.7 Å². The van der Waals surface area contributed by atoms with Crippen LogP contribution in [0.3, 0.4) is 0 Å². The molecule has 7 N–H and O–H groups in total. The predicted molar refractivity (Wildman–Crippen MR) is 136 cm³/mol. The van der Waals surface area contributed by atoms with Gasteiger partial charge in [-0.2, -0.15) is 13.6 Å². The molecule has 0 spiro atoms. The number of nitrogen functional groups attached to an aromatic ring is 1. The first-order valence-corrected chi connectivity index (χ1v) is 17.8. The summed E-state index contributed by atoms with van der Waals surface area (Å²) in [6.45, 7) is -0.889. The molecule has 0 radical (unpaired) electrons. The van der Waals surface area contributed by atoms with Gasteiger partial charge < -0.3 is 35.2 Å². The molecule has 3 rings (SSSR count). The van der Waals surface area contributed by atoms with Crippen LogP contribution >= 0.6 is 45.1 Å². The molecule has 0 amide bonds. The molecule has 3 unspecified atom stereocenters. The summed E-state index contributed by atoms with van der Waals surface area (Å²) in [5, 5.41) is 10.3. The van der Waals surface area contributed by atoms with Crippen LogP contribution in [0.2, 0.25) is 0 Å². The van der Waals surface area contributed by atoms with Crippen LogP contribution in [0, 0.1) is 0 Å². The number of rotatable bonds is 13. The van der Waals surface area contributed by atoms with Gasteiger partial charge in [0.1, 0.15) is 12.3 Å². The molecule has 3 heterocycles. The van der Waals surface area contributed by atoms with E-state index in [9.17, 15) is 38.2 Å². The maximum atomic E-state index is 12.9. The third kappa shape index (κ3) is 8.67. The van der Waals surface area contributed by atoms with E-state index < -0.39 is 60.0 Å².